The van der Waals surface area contributed by atoms with Crippen LogP contribution >= 0.6 is 11.8 Å². The summed E-state index contributed by atoms with van der Waals surface area (Å²) in [6.07, 6.45) is 0. The van der Waals surface area contributed by atoms with Crippen molar-refractivity contribution in [2.75, 3.05) is 38.5 Å². The number of benzene rings is 2. The zero-order valence-corrected chi connectivity index (χ0v) is 17.5. The van der Waals surface area contributed by atoms with E-state index >= 15 is 0 Å². The van der Waals surface area contributed by atoms with E-state index in [0.717, 1.165) is 18.8 Å². The number of carbonyl (C=O) groups is 1. The Hall–Kier alpha value is -2.84. The fourth-order valence-corrected chi connectivity index (χ4v) is 4.28. The third kappa shape index (κ3) is 5.20. The van der Waals surface area contributed by atoms with Crippen LogP contribution in [0.3, 0.4) is 0 Å². The Morgan fingerprint density at radius 1 is 1.03 bits per heavy atom. The summed E-state index contributed by atoms with van der Waals surface area (Å²) < 4.78 is 0. The first-order valence-electron chi connectivity index (χ1n) is 10.1. The number of nitrogens with zero attached hydrogens (tertiary/aromatic N) is 3. The van der Waals surface area contributed by atoms with Gasteiger partial charge in [-0.05, 0) is 24.3 Å². The Morgan fingerprint density at radius 3 is 2.57 bits per heavy atom. The van der Waals surface area contributed by atoms with Crippen LogP contribution in [-0.4, -0.2) is 64.3 Å². The number of rotatable bonds is 6. The van der Waals surface area contributed by atoms with Gasteiger partial charge in [-0.25, -0.2) is 9.78 Å². The quantitative estimate of drug-likeness (QED) is 0.470. The van der Waals surface area contributed by atoms with Crippen molar-refractivity contribution >= 4 is 28.7 Å². The van der Waals surface area contributed by atoms with E-state index in [-0.39, 0.29) is 11.6 Å². The van der Waals surface area contributed by atoms with Crippen LogP contribution in [-0.2, 0) is 6.54 Å². The Labute approximate surface area is 179 Å². The van der Waals surface area contributed by atoms with Crippen LogP contribution in [0.5, 0.6) is 0 Å². The minimum absolute atomic E-state index is 0.0134. The van der Waals surface area contributed by atoms with Crippen molar-refractivity contribution in [2.45, 2.75) is 11.4 Å². The predicted molar refractivity (Wildman–Crippen MR) is 120 cm³/mol. The molecule has 0 saturated carbocycles. The molecule has 0 radical (unpaired) electrons. The molecule has 8 heteroatoms. The summed E-state index contributed by atoms with van der Waals surface area (Å²) in [5.41, 5.74) is 0.602. The fraction of sp³-hybridized carbons (Fsp3) is 0.318. The summed E-state index contributed by atoms with van der Waals surface area (Å²) in [5, 5.41) is 3.61. The van der Waals surface area contributed by atoms with E-state index < -0.39 is 0 Å². The van der Waals surface area contributed by atoms with Crippen molar-refractivity contribution in [3.05, 3.63) is 70.8 Å². The standard InChI is InChI=1S/C22H25N5O2S/c28-21-18-8-4-5-9-19(18)24-20(25-21)16-26-11-13-27(14-12-26)22(29)23-10-15-30-17-6-2-1-3-7-17/h1-9H,10-16H2,(H,23,29)(H,24,25,28). The monoisotopic (exact) mass is 423 g/mol. The third-order valence-corrected chi connectivity index (χ3v) is 6.10. The first-order chi connectivity index (χ1) is 14.7. The van der Waals surface area contributed by atoms with Gasteiger partial charge in [-0.2, -0.15) is 0 Å². The number of amides is 2. The van der Waals surface area contributed by atoms with Gasteiger partial charge in [-0.3, -0.25) is 9.69 Å². The number of carbonyl (C=O) groups excluding carboxylic acids is 1. The molecule has 1 aromatic heterocycles. The van der Waals surface area contributed by atoms with Crippen molar-refractivity contribution in [3.8, 4) is 0 Å². The lowest BCUT2D eigenvalue weighted by molar-refractivity contribution is 0.134. The lowest BCUT2D eigenvalue weighted by atomic mass is 10.2. The maximum atomic E-state index is 12.4. The molecule has 1 fully saturated rings. The van der Waals surface area contributed by atoms with Crippen molar-refractivity contribution in [3.63, 3.8) is 0 Å². The first kappa shape index (κ1) is 20.4. The van der Waals surface area contributed by atoms with Gasteiger partial charge in [0.15, 0.2) is 0 Å². The van der Waals surface area contributed by atoms with E-state index in [4.69, 9.17) is 0 Å². The summed E-state index contributed by atoms with van der Waals surface area (Å²) >= 11 is 1.74. The van der Waals surface area contributed by atoms with Crippen LogP contribution in [0.2, 0.25) is 0 Å². The topological polar surface area (TPSA) is 81.3 Å². The van der Waals surface area contributed by atoms with E-state index in [9.17, 15) is 9.59 Å². The molecule has 2 amide bonds. The molecule has 3 aromatic rings. The Balaban J connectivity index is 1.22. The third-order valence-electron chi connectivity index (χ3n) is 5.09. The number of aromatic nitrogens is 2. The van der Waals surface area contributed by atoms with Crippen LogP contribution in [0, 0.1) is 0 Å². The molecule has 1 saturated heterocycles. The molecular weight excluding hydrogens is 398 g/mol. The van der Waals surface area contributed by atoms with Gasteiger partial charge in [-0.1, -0.05) is 30.3 Å². The van der Waals surface area contributed by atoms with Crippen LogP contribution in [0.25, 0.3) is 10.9 Å². The summed E-state index contributed by atoms with van der Waals surface area (Å²) in [4.78, 5) is 37.3. The van der Waals surface area contributed by atoms with E-state index in [1.807, 2.05) is 41.3 Å². The summed E-state index contributed by atoms with van der Waals surface area (Å²) in [6.45, 7) is 4.04. The first-order valence-corrected chi connectivity index (χ1v) is 11.1. The van der Waals surface area contributed by atoms with Crippen molar-refractivity contribution in [1.29, 1.82) is 0 Å². The molecule has 1 aliphatic rings. The molecule has 30 heavy (non-hydrogen) atoms. The molecule has 2 N–H and O–H groups in total. The summed E-state index contributed by atoms with van der Waals surface area (Å²) in [6, 6.07) is 17.5. The van der Waals surface area contributed by atoms with Gasteiger partial charge in [0.2, 0.25) is 0 Å². The molecule has 2 heterocycles. The maximum absolute atomic E-state index is 12.4. The summed E-state index contributed by atoms with van der Waals surface area (Å²) in [5.74, 6) is 1.51. The number of hydrogen-bond donors (Lipinski definition) is 2. The molecule has 4 rings (SSSR count). The number of piperazine rings is 1. The molecule has 2 aromatic carbocycles. The predicted octanol–water partition coefficient (Wildman–Crippen LogP) is 2.54. The highest BCUT2D eigenvalue weighted by Crippen LogP contribution is 2.16. The van der Waals surface area contributed by atoms with Gasteiger partial charge >= 0.3 is 6.03 Å². The van der Waals surface area contributed by atoms with E-state index in [2.05, 4.69) is 32.3 Å². The maximum Gasteiger partial charge on any atom is 0.317 e. The SMILES string of the molecule is O=C(NCCSc1ccccc1)N1CCN(Cc2nc3ccccc3c(=O)[nH]2)CC1. The Morgan fingerprint density at radius 2 is 1.77 bits per heavy atom. The number of hydrogen-bond acceptors (Lipinski definition) is 5. The smallest absolute Gasteiger partial charge is 0.317 e. The average Bonchev–Trinajstić information content (AvgIpc) is 2.78. The highest BCUT2D eigenvalue weighted by Gasteiger charge is 2.21. The molecule has 1 aliphatic heterocycles. The normalized spacial score (nSPS) is 14.7. The van der Waals surface area contributed by atoms with Gasteiger partial charge in [0.25, 0.3) is 5.56 Å². The molecule has 0 aliphatic carbocycles. The molecule has 0 atom stereocenters. The van der Waals surface area contributed by atoms with Gasteiger partial charge < -0.3 is 15.2 Å². The molecule has 0 spiro atoms. The number of para-hydroxylation sites is 1. The summed E-state index contributed by atoms with van der Waals surface area (Å²) in [7, 11) is 0. The number of aromatic amines is 1. The molecular formula is C22H25N5O2S. The second kappa shape index (κ2) is 9.77. The average molecular weight is 424 g/mol. The highest BCUT2D eigenvalue weighted by atomic mass is 32.2. The van der Waals surface area contributed by atoms with Crippen molar-refractivity contribution in [2.24, 2.45) is 0 Å². The fourth-order valence-electron chi connectivity index (χ4n) is 3.49. The molecule has 7 nitrogen and oxygen atoms in total. The number of thioether (sulfide) groups is 1. The van der Waals surface area contributed by atoms with Crippen molar-refractivity contribution in [1.82, 2.24) is 25.1 Å². The zero-order valence-electron chi connectivity index (χ0n) is 16.7. The van der Waals surface area contributed by atoms with Crippen LogP contribution in [0.4, 0.5) is 4.79 Å². The van der Waals surface area contributed by atoms with Gasteiger partial charge in [0.1, 0.15) is 5.82 Å². The highest BCUT2D eigenvalue weighted by molar-refractivity contribution is 7.99. The van der Waals surface area contributed by atoms with Crippen molar-refractivity contribution < 1.29 is 4.79 Å². The van der Waals surface area contributed by atoms with E-state index in [1.54, 1.807) is 17.8 Å². The van der Waals surface area contributed by atoms with Crippen LogP contribution < -0.4 is 10.9 Å². The number of fused-ring (bicyclic) bond motifs is 1. The number of H-pyrrole nitrogens is 1. The lowest BCUT2D eigenvalue weighted by Gasteiger charge is -2.34. The second-order valence-electron chi connectivity index (χ2n) is 7.19. The Kier molecular flexibility index (Phi) is 6.66. The largest absolute Gasteiger partial charge is 0.337 e. The minimum atomic E-state index is -0.109. The van der Waals surface area contributed by atoms with E-state index in [0.29, 0.717) is 42.9 Å². The van der Waals surface area contributed by atoms with Gasteiger partial charge in [0.05, 0.1) is 17.4 Å². The molecule has 156 valence electrons. The van der Waals surface area contributed by atoms with Gasteiger partial charge in [0, 0.05) is 43.4 Å². The van der Waals surface area contributed by atoms with E-state index in [1.165, 1.54) is 4.90 Å². The molecule has 0 bridgehead atoms. The second-order valence-corrected chi connectivity index (χ2v) is 8.35. The zero-order chi connectivity index (χ0) is 20.8. The number of nitrogens with one attached hydrogen (secondary N) is 2. The Bertz CT molecular complexity index is 1050. The number of urea groups is 1. The van der Waals surface area contributed by atoms with Crippen LogP contribution in [0.15, 0.2) is 64.3 Å². The lowest BCUT2D eigenvalue weighted by Crippen LogP contribution is -2.51. The van der Waals surface area contributed by atoms with Crippen LogP contribution in [0.1, 0.15) is 5.82 Å². The van der Waals surface area contributed by atoms with Gasteiger partial charge in [-0.15, -0.1) is 11.8 Å². The minimum Gasteiger partial charge on any atom is -0.337 e. The molecule has 0 unspecified atom stereocenters.